The molecule has 2 unspecified atom stereocenters. The van der Waals surface area contributed by atoms with Gasteiger partial charge in [0.2, 0.25) is 0 Å². The van der Waals surface area contributed by atoms with Gasteiger partial charge in [0.15, 0.2) is 18.1 Å². The second kappa shape index (κ2) is 14.6. The molecule has 0 spiro atoms. The van der Waals surface area contributed by atoms with Crippen molar-refractivity contribution in [3.63, 3.8) is 0 Å². The molecular weight excluding hydrogens is 537 g/mol. The second-order valence-corrected chi connectivity index (χ2v) is 19.6. The van der Waals surface area contributed by atoms with Crippen molar-refractivity contribution in [2.75, 3.05) is 0 Å². The lowest BCUT2D eigenvalue weighted by molar-refractivity contribution is 0.0655. The van der Waals surface area contributed by atoms with E-state index in [9.17, 15) is 5.11 Å². The lowest BCUT2D eigenvalue weighted by Crippen LogP contribution is -2.31. The summed E-state index contributed by atoms with van der Waals surface area (Å²) in [6.07, 6.45) is 7.83. The summed E-state index contributed by atoms with van der Waals surface area (Å²) in [5, 5.41) is 9.96. The molecule has 0 aromatic heterocycles. The summed E-state index contributed by atoms with van der Waals surface area (Å²) in [4.78, 5) is 0. The molecule has 0 aliphatic carbocycles. The minimum Gasteiger partial charge on any atom is -0.413 e. The first-order valence-electron chi connectivity index (χ1n) is 15.4. The van der Waals surface area contributed by atoms with Crippen LogP contribution in [0.1, 0.15) is 102 Å². The Hall–Kier alpha value is -1.77. The summed E-state index contributed by atoms with van der Waals surface area (Å²) >= 11 is 0. The van der Waals surface area contributed by atoms with E-state index >= 15 is 0 Å². The number of allylic oxidation sites excluding steroid dienone is 3. The predicted molar refractivity (Wildman–Crippen MR) is 184 cm³/mol. The van der Waals surface area contributed by atoms with E-state index in [1.54, 1.807) is 13.8 Å². The van der Waals surface area contributed by atoms with Crippen molar-refractivity contribution in [3.8, 4) is 0 Å². The third kappa shape index (κ3) is 11.8. The van der Waals surface area contributed by atoms with Gasteiger partial charge in [-0.2, -0.15) is 0 Å². The molecule has 0 saturated carbocycles. The van der Waals surface area contributed by atoms with Crippen molar-refractivity contribution in [3.05, 3.63) is 88.5 Å². The van der Waals surface area contributed by atoms with Gasteiger partial charge in [0.1, 0.15) is 0 Å². The minimum absolute atomic E-state index is 0.0147. The van der Waals surface area contributed by atoms with Crippen LogP contribution in [0.2, 0.25) is 26.2 Å². The van der Waals surface area contributed by atoms with Crippen LogP contribution in [0, 0.1) is 10.8 Å². The Morgan fingerprint density at radius 1 is 0.756 bits per heavy atom. The average Bonchev–Trinajstić information content (AvgIpc) is 2.82. The van der Waals surface area contributed by atoms with Crippen molar-refractivity contribution in [1.29, 1.82) is 0 Å². The number of hydrogen-bond donors (Lipinski definition) is 1. The van der Waals surface area contributed by atoms with Gasteiger partial charge in [0.05, 0.1) is 17.8 Å². The van der Waals surface area contributed by atoms with Crippen LogP contribution in [0.25, 0.3) is 5.57 Å². The van der Waals surface area contributed by atoms with Crippen molar-refractivity contribution in [2.24, 2.45) is 10.8 Å². The highest BCUT2D eigenvalue weighted by atomic mass is 28.3. The van der Waals surface area contributed by atoms with Crippen LogP contribution >= 0.6 is 0 Å². The van der Waals surface area contributed by atoms with Crippen molar-refractivity contribution < 1.29 is 14.0 Å². The summed E-state index contributed by atoms with van der Waals surface area (Å²) in [5.74, 6) is 0. The van der Waals surface area contributed by atoms with Crippen LogP contribution in [0.4, 0.5) is 0 Å². The Kier molecular flexibility index (Phi) is 12.6. The number of rotatable bonds is 12. The monoisotopic (exact) mass is 594 g/mol. The van der Waals surface area contributed by atoms with Gasteiger partial charge < -0.3 is 14.0 Å². The molecule has 0 amide bonds. The molecule has 0 bridgehead atoms. The third-order valence-electron chi connectivity index (χ3n) is 7.04. The first-order valence-corrected chi connectivity index (χ1v) is 21.0. The number of hydrogen-bond acceptors (Lipinski definition) is 3. The zero-order chi connectivity index (χ0) is 31.2. The Morgan fingerprint density at radius 3 is 1.76 bits per heavy atom. The molecule has 2 aromatic carbocycles. The fourth-order valence-electron chi connectivity index (χ4n) is 5.06. The summed E-state index contributed by atoms with van der Waals surface area (Å²) in [6.45, 7) is 28.5. The van der Waals surface area contributed by atoms with E-state index in [-0.39, 0.29) is 23.0 Å². The van der Waals surface area contributed by atoms with Gasteiger partial charge in [-0.3, -0.25) is 0 Å². The lowest BCUT2D eigenvalue weighted by Gasteiger charge is -2.39. The molecule has 1 N–H and O–H groups in total. The molecule has 228 valence electrons. The van der Waals surface area contributed by atoms with E-state index in [2.05, 4.69) is 123 Å². The van der Waals surface area contributed by atoms with E-state index in [0.29, 0.717) is 0 Å². The fourth-order valence-corrected chi connectivity index (χ4v) is 7.26. The molecule has 0 aliphatic rings. The van der Waals surface area contributed by atoms with E-state index < -0.39 is 23.7 Å². The molecule has 0 heterocycles. The summed E-state index contributed by atoms with van der Waals surface area (Å²) < 4.78 is 13.5. The van der Waals surface area contributed by atoms with Crippen LogP contribution in [0.15, 0.2) is 60.7 Å². The van der Waals surface area contributed by atoms with E-state index in [1.807, 2.05) is 12.2 Å². The molecule has 2 atom stereocenters. The second-order valence-electron chi connectivity index (χ2n) is 14.9. The summed E-state index contributed by atoms with van der Waals surface area (Å²) in [5.41, 5.74) is 6.81. The van der Waals surface area contributed by atoms with Crippen LogP contribution < -0.4 is 0 Å². The van der Waals surface area contributed by atoms with Crippen LogP contribution in [0.3, 0.4) is 0 Å². The molecule has 0 aliphatic heterocycles. The molecule has 5 heteroatoms. The number of benzene rings is 2. The SMILES string of the molecule is CC(=CC=CC(C)(C)O)c1cccc(CCc2ccc(C(O[SiH](C)C)C(C)(C)C)c(C(O[SiH](C)C)C(C)(C)C)c2)c1. The van der Waals surface area contributed by atoms with Gasteiger partial charge >= 0.3 is 0 Å². The molecular formula is C36H58O3Si2. The van der Waals surface area contributed by atoms with Gasteiger partial charge in [-0.15, -0.1) is 0 Å². The molecule has 0 radical (unpaired) electrons. The van der Waals surface area contributed by atoms with Gasteiger partial charge in [0.25, 0.3) is 0 Å². The maximum atomic E-state index is 9.96. The highest BCUT2D eigenvalue weighted by Crippen LogP contribution is 2.45. The summed E-state index contributed by atoms with van der Waals surface area (Å²) in [7, 11) is -2.56. The molecule has 0 fully saturated rings. The van der Waals surface area contributed by atoms with Crippen LogP contribution in [0.5, 0.6) is 0 Å². The Labute approximate surface area is 255 Å². The molecule has 2 rings (SSSR count). The molecule has 3 nitrogen and oxygen atoms in total. The maximum Gasteiger partial charge on any atom is 0.171 e. The fraction of sp³-hybridized carbons (Fsp3) is 0.556. The standard InChI is InChI=1S/C36H58O3Si2/c1-26(16-15-23-36(8,9)37)29-18-14-17-27(24-29)19-20-28-21-22-30(32(34(2,3)4)38-40(10)11)31(25-28)33(35(5,6)7)39-41(12)13/h14-18,21-25,32-33,37,40-41H,19-20H2,1-13H3. The van der Waals surface area contributed by atoms with E-state index in [4.69, 9.17) is 8.85 Å². The van der Waals surface area contributed by atoms with E-state index in [1.165, 1.54) is 33.4 Å². The average molecular weight is 595 g/mol. The highest BCUT2D eigenvalue weighted by molar-refractivity contribution is 6.48. The van der Waals surface area contributed by atoms with Crippen LogP contribution in [-0.4, -0.2) is 28.8 Å². The topological polar surface area (TPSA) is 38.7 Å². The Morgan fingerprint density at radius 2 is 1.27 bits per heavy atom. The van der Waals surface area contributed by atoms with E-state index in [0.717, 1.165) is 12.8 Å². The lowest BCUT2D eigenvalue weighted by atomic mass is 9.77. The number of aliphatic hydroxyl groups is 1. The van der Waals surface area contributed by atoms with Crippen molar-refractivity contribution >= 4 is 23.7 Å². The van der Waals surface area contributed by atoms with Crippen LogP contribution in [-0.2, 0) is 21.7 Å². The highest BCUT2D eigenvalue weighted by Gasteiger charge is 2.35. The van der Waals surface area contributed by atoms with Crippen molar-refractivity contribution in [1.82, 2.24) is 0 Å². The smallest absolute Gasteiger partial charge is 0.171 e. The minimum atomic E-state index is -1.29. The number of aryl methyl sites for hydroxylation is 2. The van der Waals surface area contributed by atoms with Gasteiger partial charge in [0, 0.05) is 0 Å². The first-order chi connectivity index (χ1) is 18.8. The normalized spacial score (nSPS) is 15.3. The first kappa shape index (κ1) is 35.4. The van der Waals surface area contributed by atoms with Crippen molar-refractivity contribution in [2.45, 2.75) is 119 Å². The Bertz CT molecular complexity index is 1170. The molecule has 41 heavy (non-hydrogen) atoms. The zero-order valence-electron chi connectivity index (χ0n) is 28.3. The zero-order valence-corrected chi connectivity index (χ0v) is 30.6. The van der Waals surface area contributed by atoms with Gasteiger partial charge in [-0.1, -0.05) is 102 Å². The van der Waals surface area contributed by atoms with Gasteiger partial charge in [-0.05, 0) is 104 Å². The summed E-state index contributed by atoms with van der Waals surface area (Å²) in [6, 6.07) is 15.9. The molecule has 0 saturated heterocycles. The quantitative estimate of drug-likeness (QED) is 0.196. The Balaban J connectivity index is 2.47. The third-order valence-corrected chi connectivity index (χ3v) is 8.67. The predicted octanol–water partition coefficient (Wildman–Crippen LogP) is 9.38. The largest absolute Gasteiger partial charge is 0.413 e. The molecule has 2 aromatic rings. The maximum absolute atomic E-state index is 9.96. The van der Waals surface area contributed by atoms with Gasteiger partial charge in [-0.25, -0.2) is 0 Å².